The molecule has 10 heteroatoms. The van der Waals surface area contributed by atoms with Gasteiger partial charge in [-0.2, -0.15) is 18.7 Å². The molecule has 0 aliphatic carbocycles. The highest BCUT2D eigenvalue weighted by Gasteiger charge is 2.05. The summed E-state index contributed by atoms with van der Waals surface area (Å²) in [5.74, 6) is 0. The van der Waals surface area contributed by atoms with E-state index in [9.17, 15) is 9.59 Å². The van der Waals surface area contributed by atoms with Gasteiger partial charge in [-0.25, -0.2) is 9.59 Å². The number of nitrogens with zero attached hydrogens (tertiary/aromatic N) is 8. The predicted molar refractivity (Wildman–Crippen MR) is 84.4 cm³/mol. The van der Waals surface area contributed by atoms with Crippen molar-refractivity contribution in [2.24, 2.45) is 0 Å². The fraction of sp³-hybridized carbons (Fsp3) is 0.538. The molecule has 0 saturated carbocycles. The van der Waals surface area contributed by atoms with Crippen LogP contribution >= 0.6 is 0 Å². The summed E-state index contributed by atoms with van der Waals surface area (Å²) in [6, 6.07) is 0. The summed E-state index contributed by atoms with van der Waals surface area (Å²) in [4.78, 5) is 23.7. The molecule has 2 aromatic heterocycles. The average molecular weight is 320 g/mol. The number of allylic oxidation sites excluding steroid dienone is 2. The van der Waals surface area contributed by atoms with Gasteiger partial charge in [0.25, 0.3) is 0 Å². The topological polar surface area (TPSA) is 105 Å². The summed E-state index contributed by atoms with van der Waals surface area (Å²) < 4.78 is 5.04. The van der Waals surface area contributed by atoms with Crippen LogP contribution in [-0.4, -0.2) is 39.6 Å². The van der Waals surface area contributed by atoms with Gasteiger partial charge in [0.2, 0.25) is 0 Å². The second-order valence-electron chi connectivity index (χ2n) is 4.88. The van der Waals surface area contributed by atoms with Crippen LogP contribution in [0.3, 0.4) is 0 Å². The molecule has 0 radical (unpaired) electrons. The Kier molecular flexibility index (Phi) is 5.78. The summed E-state index contributed by atoms with van der Waals surface area (Å²) in [6.45, 7) is 4.60. The molecule has 2 heterocycles. The molecular formula is C13H20N8O2. The van der Waals surface area contributed by atoms with E-state index in [-0.39, 0.29) is 11.4 Å². The number of aromatic nitrogens is 8. The molecule has 2 rings (SSSR count). The third kappa shape index (κ3) is 4.11. The van der Waals surface area contributed by atoms with Gasteiger partial charge < -0.3 is 0 Å². The lowest BCUT2D eigenvalue weighted by molar-refractivity contribution is 0.478. The van der Waals surface area contributed by atoms with Gasteiger partial charge >= 0.3 is 11.4 Å². The molecule has 10 nitrogen and oxygen atoms in total. The molecule has 2 aromatic rings. The zero-order chi connectivity index (χ0) is 16.7. The number of hydrogen-bond acceptors (Lipinski definition) is 6. The molecule has 0 amide bonds. The smallest absolute Gasteiger partial charge is 0.244 e. The number of hydrogen-bond donors (Lipinski definition) is 0. The largest absolute Gasteiger partial charge is 0.367 e. The molecule has 124 valence electrons. The summed E-state index contributed by atoms with van der Waals surface area (Å²) in [5.41, 5.74) is -0.512. The van der Waals surface area contributed by atoms with Crippen molar-refractivity contribution in [3.05, 3.63) is 33.1 Å². The molecule has 23 heavy (non-hydrogen) atoms. The lowest BCUT2D eigenvalue weighted by Gasteiger charge is -2.00. The molecule has 0 fully saturated rings. The Morgan fingerprint density at radius 3 is 1.57 bits per heavy atom. The maximum absolute atomic E-state index is 11.8. The van der Waals surface area contributed by atoms with Gasteiger partial charge in [0, 0.05) is 25.5 Å². The fourth-order valence-corrected chi connectivity index (χ4v) is 2.02. The molecule has 0 unspecified atom stereocenters. The van der Waals surface area contributed by atoms with Gasteiger partial charge in [0.15, 0.2) is 0 Å². The van der Waals surface area contributed by atoms with Crippen LogP contribution in [0.2, 0.25) is 0 Å². The average Bonchev–Trinajstić information content (AvgIpc) is 3.06. The van der Waals surface area contributed by atoms with E-state index >= 15 is 0 Å². The Hall–Kier alpha value is -2.78. The highest BCUT2D eigenvalue weighted by Crippen LogP contribution is 1.98. The lowest BCUT2D eigenvalue weighted by Crippen LogP contribution is -2.23. The van der Waals surface area contributed by atoms with Gasteiger partial charge in [-0.3, -0.25) is 0 Å². The van der Waals surface area contributed by atoms with Crippen molar-refractivity contribution < 1.29 is 0 Å². The fourth-order valence-electron chi connectivity index (χ4n) is 2.02. The van der Waals surface area contributed by atoms with Crippen LogP contribution in [0.25, 0.3) is 12.4 Å². The predicted octanol–water partition coefficient (Wildman–Crippen LogP) is 0.0447. The number of aryl methyl sites for hydroxylation is 2. The number of rotatable bonds is 8. The van der Waals surface area contributed by atoms with Crippen LogP contribution in [0, 0.1) is 0 Å². The van der Waals surface area contributed by atoms with Gasteiger partial charge in [-0.1, -0.05) is 12.2 Å². The first kappa shape index (κ1) is 16.6. The van der Waals surface area contributed by atoms with E-state index in [1.54, 1.807) is 38.4 Å². The van der Waals surface area contributed by atoms with Crippen LogP contribution < -0.4 is 11.4 Å². The van der Waals surface area contributed by atoms with Gasteiger partial charge in [-0.05, 0) is 54.0 Å². The van der Waals surface area contributed by atoms with E-state index < -0.39 is 0 Å². The second-order valence-corrected chi connectivity index (χ2v) is 4.88. The molecular weight excluding hydrogens is 300 g/mol. The minimum Gasteiger partial charge on any atom is -0.244 e. The van der Waals surface area contributed by atoms with E-state index in [4.69, 9.17) is 0 Å². The van der Waals surface area contributed by atoms with Crippen molar-refractivity contribution in [2.75, 3.05) is 0 Å². The molecule has 0 atom stereocenters. The Morgan fingerprint density at radius 2 is 1.17 bits per heavy atom. The summed E-state index contributed by atoms with van der Waals surface area (Å²) >= 11 is 0. The third-order valence-electron chi connectivity index (χ3n) is 3.14. The van der Waals surface area contributed by atoms with Crippen LogP contribution in [0.15, 0.2) is 21.7 Å². The second kappa shape index (κ2) is 8.01. The molecule has 0 aromatic carbocycles. The van der Waals surface area contributed by atoms with Crippen molar-refractivity contribution in [2.45, 2.75) is 46.2 Å². The first-order chi connectivity index (χ1) is 11.2. The maximum Gasteiger partial charge on any atom is 0.367 e. The molecule has 0 aliphatic heterocycles. The van der Waals surface area contributed by atoms with Gasteiger partial charge in [0.05, 0.1) is 0 Å². The van der Waals surface area contributed by atoms with E-state index in [0.29, 0.717) is 13.1 Å². The third-order valence-corrected chi connectivity index (χ3v) is 3.14. The van der Waals surface area contributed by atoms with E-state index in [0.717, 1.165) is 19.3 Å². The van der Waals surface area contributed by atoms with E-state index in [1.165, 1.54) is 18.7 Å². The van der Waals surface area contributed by atoms with E-state index in [2.05, 4.69) is 20.9 Å². The quantitative estimate of drug-likeness (QED) is 0.636. The summed E-state index contributed by atoms with van der Waals surface area (Å²) in [7, 11) is 0. The SMILES string of the molecule is C/C=C/n1nnn(CCCCCn2nnn(/C=C/C)c2=O)c1=O. The molecule has 0 spiro atoms. The lowest BCUT2D eigenvalue weighted by atomic mass is 10.2. The van der Waals surface area contributed by atoms with Crippen molar-refractivity contribution in [1.29, 1.82) is 0 Å². The van der Waals surface area contributed by atoms with Crippen molar-refractivity contribution >= 4 is 12.4 Å². The minimum absolute atomic E-state index is 0.256. The van der Waals surface area contributed by atoms with Crippen LogP contribution in [-0.2, 0) is 13.1 Å². The van der Waals surface area contributed by atoms with Gasteiger partial charge in [0.1, 0.15) is 0 Å². The first-order valence-corrected chi connectivity index (χ1v) is 7.47. The number of tetrazole rings is 2. The molecule has 0 aliphatic rings. The van der Waals surface area contributed by atoms with Crippen LogP contribution in [0.5, 0.6) is 0 Å². The molecule has 0 saturated heterocycles. The van der Waals surface area contributed by atoms with Crippen molar-refractivity contribution in [3.63, 3.8) is 0 Å². The maximum atomic E-state index is 11.8. The highest BCUT2D eigenvalue weighted by atomic mass is 16.2. The number of unbranched alkanes of at least 4 members (excludes halogenated alkanes) is 2. The summed E-state index contributed by atoms with van der Waals surface area (Å²) in [6.07, 6.45) is 8.95. The zero-order valence-corrected chi connectivity index (χ0v) is 13.2. The van der Waals surface area contributed by atoms with Crippen LogP contribution in [0.1, 0.15) is 33.1 Å². The van der Waals surface area contributed by atoms with Crippen molar-refractivity contribution in [1.82, 2.24) is 39.6 Å². The normalized spacial score (nSPS) is 11.9. The minimum atomic E-state index is -0.256. The zero-order valence-electron chi connectivity index (χ0n) is 13.2. The van der Waals surface area contributed by atoms with E-state index in [1.807, 2.05) is 0 Å². The summed E-state index contributed by atoms with van der Waals surface area (Å²) in [5, 5.41) is 15.1. The Morgan fingerprint density at radius 1 is 0.739 bits per heavy atom. The first-order valence-electron chi connectivity index (χ1n) is 7.47. The Balaban J connectivity index is 1.78. The van der Waals surface area contributed by atoms with Gasteiger partial charge in [-0.15, -0.1) is 0 Å². The van der Waals surface area contributed by atoms with Crippen LogP contribution in [0.4, 0.5) is 0 Å². The monoisotopic (exact) mass is 320 g/mol. The highest BCUT2D eigenvalue weighted by molar-refractivity contribution is 5.16. The standard InChI is InChI=1S/C13H20N8O2/c1-3-8-18-12(22)20(16-14-18)10-6-5-7-11-21-13(23)19(9-4-2)15-17-21/h3-4,8-9H,5-7,10-11H2,1-2H3/b8-3+,9-4+. The Labute approximate surface area is 132 Å². The van der Waals surface area contributed by atoms with Crippen molar-refractivity contribution in [3.8, 4) is 0 Å². The molecule has 0 bridgehead atoms. The Bertz CT molecular complexity index is 725. The molecule has 0 N–H and O–H groups in total.